The molecule has 0 aliphatic heterocycles. The number of carbonyl (C=O) groups is 1. The molecular weight excluding hydrogens is 142 g/mol. The molecule has 66 valence electrons. The van der Waals surface area contributed by atoms with Crippen LogP contribution < -0.4 is 0 Å². The Labute approximate surface area is 68.3 Å². The van der Waals surface area contributed by atoms with Crippen molar-refractivity contribution in [2.24, 2.45) is 5.41 Å². The smallest absolute Gasteiger partial charge is 0.154 e. The lowest BCUT2D eigenvalue weighted by Gasteiger charge is -2.20. The Kier molecular flexibility index (Phi) is 3.69. The van der Waals surface area contributed by atoms with Crippen LogP contribution in [0.4, 0.5) is 0 Å². The van der Waals surface area contributed by atoms with Crippen molar-refractivity contribution >= 4 is 5.78 Å². The predicted octanol–water partition coefficient (Wildman–Crippen LogP) is 1.09. The Morgan fingerprint density at radius 3 is 2.18 bits per heavy atom. The zero-order valence-electron chi connectivity index (χ0n) is 7.97. The van der Waals surface area contributed by atoms with Crippen molar-refractivity contribution < 1.29 is 9.63 Å². The van der Waals surface area contributed by atoms with Crippen LogP contribution in [0.2, 0.25) is 0 Å². The molecular formula is C8H17NO2. The van der Waals surface area contributed by atoms with Crippen molar-refractivity contribution in [3.63, 3.8) is 0 Å². The zero-order valence-corrected chi connectivity index (χ0v) is 7.97. The van der Waals surface area contributed by atoms with Gasteiger partial charge in [0.2, 0.25) is 0 Å². The van der Waals surface area contributed by atoms with Crippen LogP contribution in [0.1, 0.15) is 20.8 Å². The van der Waals surface area contributed by atoms with E-state index in [1.54, 1.807) is 14.2 Å². The molecule has 0 aliphatic rings. The van der Waals surface area contributed by atoms with Crippen LogP contribution in [0.15, 0.2) is 0 Å². The quantitative estimate of drug-likeness (QED) is 0.577. The second kappa shape index (κ2) is 3.83. The van der Waals surface area contributed by atoms with E-state index in [4.69, 9.17) is 4.84 Å². The van der Waals surface area contributed by atoms with Crippen LogP contribution >= 0.6 is 0 Å². The van der Waals surface area contributed by atoms with Crippen LogP contribution in [0.25, 0.3) is 0 Å². The summed E-state index contributed by atoms with van der Waals surface area (Å²) in [5.41, 5.74) is -0.271. The first-order valence-electron chi connectivity index (χ1n) is 3.66. The van der Waals surface area contributed by atoms with Gasteiger partial charge in [0.15, 0.2) is 5.78 Å². The molecule has 0 unspecified atom stereocenters. The van der Waals surface area contributed by atoms with E-state index in [0.717, 1.165) is 0 Å². The average molecular weight is 159 g/mol. The molecule has 3 nitrogen and oxygen atoms in total. The number of likely N-dealkylation sites (N-methyl/N-ethyl adjacent to an activating group) is 1. The second-order valence-electron chi connectivity index (χ2n) is 3.64. The van der Waals surface area contributed by atoms with Gasteiger partial charge in [0.05, 0.1) is 13.7 Å². The summed E-state index contributed by atoms with van der Waals surface area (Å²) in [4.78, 5) is 16.1. The number of hydrogen-bond acceptors (Lipinski definition) is 3. The summed E-state index contributed by atoms with van der Waals surface area (Å²) in [6.07, 6.45) is 0. The lowest BCUT2D eigenvalue weighted by molar-refractivity contribution is -0.146. The molecule has 0 spiro atoms. The molecule has 0 N–H and O–H groups in total. The third-order valence-corrected chi connectivity index (χ3v) is 1.51. The fraction of sp³-hybridized carbons (Fsp3) is 0.875. The molecule has 0 bridgehead atoms. The van der Waals surface area contributed by atoms with Gasteiger partial charge >= 0.3 is 0 Å². The molecule has 0 aromatic rings. The van der Waals surface area contributed by atoms with E-state index in [2.05, 4.69) is 0 Å². The highest BCUT2D eigenvalue weighted by molar-refractivity contribution is 5.85. The monoisotopic (exact) mass is 159 g/mol. The van der Waals surface area contributed by atoms with E-state index < -0.39 is 0 Å². The van der Waals surface area contributed by atoms with Gasteiger partial charge in [-0.25, -0.2) is 0 Å². The van der Waals surface area contributed by atoms with E-state index >= 15 is 0 Å². The van der Waals surface area contributed by atoms with Crippen LogP contribution in [0.3, 0.4) is 0 Å². The van der Waals surface area contributed by atoms with E-state index in [0.29, 0.717) is 6.54 Å². The van der Waals surface area contributed by atoms with Gasteiger partial charge in [-0.2, -0.15) is 5.06 Å². The second-order valence-corrected chi connectivity index (χ2v) is 3.64. The van der Waals surface area contributed by atoms with Gasteiger partial charge in [0.25, 0.3) is 0 Å². The van der Waals surface area contributed by atoms with E-state index in [1.807, 2.05) is 20.8 Å². The van der Waals surface area contributed by atoms with Crippen molar-refractivity contribution in [3.05, 3.63) is 0 Å². The maximum atomic E-state index is 11.3. The molecule has 0 atom stereocenters. The van der Waals surface area contributed by atoms with Gasteiger partial charge < -0.3 is 4.84 Å². The topological polar surface area (TPSA) is 29.5 Å². The highest BCUT2D eigenvalue weighted by Crippen LogP contribution is 2.14. The fourth-order valence-electron chi connectivity index (χ4n) is 0.504. The maximum absolute atomic E-state index is 11.3. The molecule has 3 heteroatoms. The predicted molar refractivity (Wildman–Crippen MR) is 44.1 cm³/mol. The molecule has 0 amide bonds. The number of rotatable bonds is 3. The van der Waals surface area contributed by atoms with Gasteiger partial charge in [-0.1, -0.05) is 20.8 Å². The Bertz CT molecular complexity index is 138. The summed E-state index contributed by atoms with van der Waals surface area (Å²) in [7, 11) is 3.29. The minimum atomic E-state index is -0.271. The summed E-state index contributed by atoms with van der Waals surface area (Å²) < 4.78 is 0. The highest BCUT2D eigenvalue weighted by atomic mass is 16.7. The first-order valence-corrected chi connectivity index (χ1v) is 3.66. The Balaban J connectivity index is 3.88. The van der Waals surface area contributed by atoms with Gasteiger partial charge in [-0.15, -0.1) is 0 Å². The van der Waals surface area contributed by atoms with Crippen molar-refractivity contribution in [3.8, 4) is 0 Å². The molecule has 0 fully saturated rings. The summed E-state index contributed by atoms with van der Waals surface area (Å²) in [5.74, 6) is 0.182. The van der Waals surface area contributed by atoms with Crippen molar-refractivity contribution in [2.75, 3.05) is 20.7 Å². The molecule has 0 aromatic heterocycles. The number of hydroxylamine groups is 2. The summed E-state index contributed by atoms with van der Waals surface area (Å²) in [5, 5.41) is 1.52. The third kappa shape index (κ3) is 4.11. The Morgan fingerprint density at radius 1 is 1.45 bits per heavy atom. The SMILES string of the molecule is CON(C)CC(=O)C(C)(C)C. The lowest BCUT2D eigenvalue weighted by Crippen LogP contribution is -2.32. The minimum absolute atomic E-state index is 0.182. The lowest BCUT2D eigenvalue weighted by atomic mass is 9.91. The Morgan fingerprint density at radius 2 is 1.91 bits per heavy atom. The third-order valence-electron chi connectivity index (χ3n) is 1.51. The standard InChI is InChI=1S/C8H17NO2/c1-8(2,3)7(10)6-9(4)11-5/h6H2,1-5H3. The van der Waals surface area contributed by atoms with Crippen molar-refractivity contribution in [1.82, 2.24) is 5.06 Å². The van der Waals surface area contributed by atoms with Crippen molar-refractivity contribution in [2.45, 2.75) is 20.8 Å². The number of hydrogen-bond donors (Lipinski definition) is 0. The van der Waals surface area contributed by atoms with Gasteiger partial charge in [-0.05, 0) is 0 Å². The maximum Gasteiger partial charge on any atom is 0.154 e. The summed E-state index contributed by atoms with van der Waals surface area (Å²) >= 11 is 0. The first kappa shape index (κ1) is 10.6. The van der Waals surface area contributed by atoms with Crippen molar-refractivity contribution in [1.29, 1.82) is 0 Å². The largest absolute Gasteiger partial charge is 0.302 e. The van der Waals surface area contributed by atoms with E-state index in [1.165, 1.54) is 5.06 Å². The minimum Gasteiger partial charge on any atom is -0.302 e. The molecule has 0 aromatic carbocycles. The summed E-state index contributed by atoms with van der Waals surface area (Å²) in [6.45, 7) is 6.05. The molecule has 0 heterocycles. The number of Topliss-reactive ketones (excluding diaryl/α,β-unsaturated/α-hetero) is 1. The first-order chi connectivity index (χ1) is 4.88. The Hall–Kier alpha value is -0.410. The molecule has 0 rings (SSSR count). The van der Waals surface area contributed by atoms with Gasteiger partial charge in [0.1, 0.15) is 0 Å². The fourth-order valence-corrected chi connectivity index (χ4v) is 0.504. The number of ketones is 1. The average Bonchev–Trinajstić information content (AvgIpc) is 1.85. The molecule has 11 heavy (non-hydrogen) atoms. The van der Waals surface area contributed by atoms with Crippen LogP contribution in [0.5, 0.6) is 0 Å². The highest BCUT2D eigenvalue weighted by Gasteiger charge is 2.21. The van der Waals surface area contributed by atoms with Crippen LogP contribution in [0, 0.1) is 5.41 Å². The molecule has 0 aliphatic carbocycles. The number of carbonyl (C=O) groups excluding carboxylic acids is 1. The summed E-state index contributed by atoms with van der Waals surface area (Å²) in [6, 6.07) is 0. The van der Waals surface area contributed by atoms with Gasteiger partial charge in [0, 0.05) is 12.5 Å². The van der Waals surface area contributed by atoms with Crippen LogP contribution in [-0.4, -0.2) is 31.5 Å². The molecule has 0 saturated carbocycles. The van der Waals surface area contributed by atoms with E-state index in [-0.39, 0.29) is 11.2 Å². The normalized spacial score (nSPS) is 12.2. The number of nitrogens with zero attached hydrogens (tertiary/aromatic N) is 1. The van der Waals surface area contributed by atoms with Gasteiger partial charge in [-0.3, -0.25) is 4.79 Å². The zero-order chi connectivity index (χ0) is 9.07. The molecule has 0 radical (unpaired) electrons. The molecule has 0 saturated heterocycles. The van der Waals surface area contributed by atoms with Crippen LogP contribution in [-0.2, 0) is 9.63 Å². The van der Waals surface area contributed by atoms with E-state index in [9.17, 15) is 4.79 Å².